The molecule has 0 saturated heterocycles. The zero-order valence-electron chi connectivity index (χ0n) is 13.2. The van der Waals surface area contributed by atoms with Crippen LogP contribution in [-0.2, 0) is 15.8 Å². The fraction of sp³-hybridized carbons (Fsp3) is 0.294. The number of hydrogen-bond acceptors (Lipinski definition) is 3. The molecule has 0 amide bonds. The highest BCUT2D eigenvalue weighted by Crippen LogP contribution is 2.18. The van der Waals surface area contributed by atoms with E-state index in [1.54, 1.807) is 24.3 Å². The molecule has 0 unspecified atom stereocenters. The average Bonchev–Trinajstić information content (AvgIpc) is 2.45. The Morgan fingerprint density at radius 3 is 2.61 bits per heavy atom. The maximum absolute atomic E-state index is 12.0. The van der Waals surface area contributed by atoms with Crippen molar-refractivity contribution in [3.8, 4) is 5.75 Å². The van der Waals surface area contributed by atoms with Gasteiger partial charge in [-0.15, -0.1) is 0 Å². The summed E-state index contributed by atoms with van der Waals surface area (Å²) in [6.07, 6.45) is 0. The summed E-state index contributed by atoms with van der Waals surface area (Å²) in [5.74, 6) is 0.668. The second-order valence-electron chi connectivity index (χ2n) is 5.40. The molecule has 2 rings (SSSR count). The Labute approximate surface area is 142 Å². The summed E-state index contributed by atoms with van der Waals surface area (Å²) >= 11 is 5.86. The van der Waals surface area contributed by atoms with Crippen molar-refractivity contribution in [3.63, 3.8) is 0 Å². The number of ether oxygens (including phenoxy) is 1. The van der Waals surface area contributed by atoms with Crippen LogP contribution in [0.15, 0.2) is 42.5 Å². The van der Waals surface area contributed by atoms with Crippen LogP contribution in [0.1, 0.15) is 16.7 Å². The fourth-order valence-corrected chi connectivity index (χ4v) is 3.54. The van der Waals surface area contributed by atoms with Gasteiger partial charge < -0.3 is 4.74 Å². The van der Waals surface area contributed by atoms with E-state index in [2.05, 4.69) is 4.72 Å². The van der Waals surface area contributed by atoms with E-state index >= 15 is 0 Å². The van der Waals surface area contributed by atoms with Gasteiger partial charge in [-0.05, 0) is 43.2 Å². The normalized spacial score (nSPS) is 11.4. The van der Waals surface area contributed by atoms with Gasteiger partial charge in [-0.1, -0.05) is 41.4 Å². The van der Waals surface area contributed by atoms with E-state index in [1.807, 2.05) is 32.0 Å². The molecule has 0 radical (unpaired) electrons. The lowest BCUT2D eigenvalue weighted by molar-refractivity contribution is 0.320. The van der Waals surface area contributed by atoms with Gasteiger partial charge in [0.15, 0.2) is 0 Å². The summed E-state index contributed by atoms with van der Waals surface area (Å²) in [5.41, 5.74) is 2.85. The Morgan fingerprint density at radius 2 is 1.91 bits per heavy atom. The van der Waals surface area contributed by atoms with Crippen molar-refractivity contribution in [2.75, 3.05) is 13.2 Å². The van der Waals surface area contributed by atoms with Crippen LogP contribution in [0.5, 0.6) is 5.75 Å². The highest BCUT2D eigenvalue weighted by molar-refractivity contribution is 7.88. The third-order valence-electron chi connectivity index (χ3n) is 3.26. The molecule has 0 aliphatic heterocycles. The lowest BCUT2D eigenvalue weighted by Crippen LogP contribution is -2.29. The molecule has 23 heavy (non-hydrogen) atoms. The van der Waals surface area contributed by atoms with Crippen molar-refractivity contribution in [3.05, 3.63) is 64.2 Å². The molecule has 6 heteroatoms. The molecule has 2 aromatic carbocycles. The van der Waals surface area contributed by atoms with Crippen LogP contribution in [0.25, 0.3) is 0 Å². The molecule has 0 bridgehead atoms. The molecule has 0 aliphatic carbocycles. The first-order valence-corrected chi connectivity index (χ1v) is 9.30. The Balaban J connectivity index is 1.83. The van der Waals surface area contributed by atoms with Gasteiger partial charge in [-0.2, -0.15) is 0 Å². The van der Waals surface area contributed by atoms with E-state index in [-0.39, 0.29) is 18.9 Å². The van der Waals surface area contributed by atoms with Crippen molar-refractivity contribution < 1.29 is 13.2 Å². The number of halogens is 1. The maximum Gasteiger partial charge on any atom is 0.215 e. The quantitative estimate of drug-likeness (QED) is 0.775. The predicted octanol–water partition coefficient (Wildman–Crippen LogP) is 3.46. The minimum Gasteiger partial charge on any atom is -0.492 e. The van der Waals surface area contributed by atoms with Crippen LogP contribution in [-0.4, -0.2) is 21.6 Å². The third kappa shape index (κ3) is 5.86. The largest absolute Gasteiger partial charge is 0.492 e. The molecule has 0 saturated carbocycles. The van der Waals surface area contributed by atoms with E-state index in [9.17, 15) is 8.42 Å². The minimum absolute atomic E-state index is 0.100. The monoisotopic (exact) mass is 353 g/mol. The summed E-state index contributed by atoms with van der Waals surface area (Å²) in [4.78, 5) is 0. The molecule has 4 nitrogen and oxygen atoms in total. The number of hydrogen-bond donors (Lipinski definition) is 1. The molecule has 0 aliphatic rings. The van der Waals surface area contributed by atoms with Crippen LogP contribution < -0.4 is 9.46 Å². The predicted molar refractivity (Wildman–Crippen MR) is 93.5 cm³/mol. The van der Waals surface area contributed by atoms with Crippen LogP contribution in [0.4, 0.5) is 0 Å². The number of nitrogens with one attached hydrogen (secondary N) is 1. The van der Waals surface area contributed by atoms with E-state index in [4.69, 9.17) is 16.3 Å². The van der Waals surface area contributed by atoms with E-state index in [0.717, 1.165) is 16.9 Å². The summed E-state index contributed by atoms with van der Waals surface area (Å²) in [6.45, 7) is 4.47. The van der Waals surface area contributed by atoms with Crippen molar-refractivity contribution >= 4 is 21.6 Å². The van der Waals surface area contributed by atoms with E-state index in [1.165, 1.54) is 0 Å². The first-order chi connectivity index (χ1) is 10.9. The number of sulfonamides is 1. The zero-order chi connectivity index (χ0) is 16.9. The third-order valence-corrected chi connectivity index (χ3v) is 4.85. The van der Waals surface area contributed by atoms with Gasteiger partial charge in [0, 0.05) is 11.6 Å². The molecular formula is C17H20ClNO3S. The van der Waals surface area contributed by atoms with Crippen LogP contribution in [0.3, 0.4) is 0 Å². The van der Waals surface area contributed by atoms with Gasteiger partial charge in [0.2, 0.25) is 10.0 Å². The summed E-state index contributed by atoms with van der Waals surface area (Å²) in [6, 6.07) is 12.7. The second-order valence-corrected chi connectivity index (χ2v) is 7.64. The Morgan fingerprint density at radius 1 is 1.13 bits per heavy atom. The second kappa shape index (κ2) is 7.81. The number of benzene rings is 2. The van der Waals surface area contributed by atoms with Crippen LogP contribution in [0.2, 0.25) is 5.02 Å². The topological polar surface area (TPSA) is 55.4 Å². The summed E-state index contributed by atoms with van der Waals surface area (Å²) < 4.78 is 32.2. The van der Waals surface area contributed by atoms with Crippen molar-refractivity contribution in [2.24, 2.45) is 0 Å². The average molecular weight is 354 g/mol. The summed E-state index contributed by atoms with van der Waals surface area (Å²) in [7, 11) is -3.41. The van der Waals surface area contributed by atoms with Gasteiger partial charge in [0.1, 0.15) is 12.4 Å². The zero-order valence-corrected chi connectivity index (χ0v) is 14.7. The molecule has 1 N–H and O–H groups in total. The molecule has 0 atom stereocenters. The lowest BCUT2D eigenvalue weighted by atomic mass is 10.1. The van der Waals surface area contributed by atoms with E-state index in [0.29, 0.717) is 10.6 Å². The highest BCUT2D eigenvalue weighted by atomic mass is 35.5. The lowest BCUT2D eigenvalue weighted by Gasteiger charge is -2.11. The fourth-order valence-electron chi connectivity index (χ4n) is 2.22. The Kier molecular flexibility index (Phi) is 6.04. The first kappa shape index (κ1) is 17.8. The van der Waals surface area contributed by atoms with Crippen molar-refractivity contribution in [2.45, 2.75) is 19.6 Å². The van der Waals surface area contributed by atoms with Gasteiger partial charge in [-0.3, -0.25) is 0 Å². The Bertz CT molecular complexity index is 775. The van der Waals surface area contributed by atoms with Gasteiger partial charge >= 0.3 is 0 Å². The molecule has 0 spiro atoms. The summed E-state index contributed by atoms with van der Waals surface area (Å²) in [5, 5.41) is 0.524. The highest BCUT2D eigenvalue weighted by Gasteiger charge is 2.11. The molecular weight excluding hydrogens is 334 g/mol. The van der Waals surface area contributed by atoms with Crippen LogP contribution in [0, 0.1) is 13.8 Å². The smallest absolute Gasteiger partial charge is 0.215 e. The molecule has 0 heterocycles. The van der Waals surface area contributed by atoms with Gasteiger partial charge in [0.25, 0.3) is 0 Å². The number of aryl methyl sites for hydroxylation is 2. The molecule has 0 aromatic heterocycles. The molecule has 2 aromatic rings. The standard InChI is InChI=1S/C17H20ClNO3S/c1-13-6-7-17(14(2)10-13)22-9-8-19-23(20,21)12-15-4-3-5-16(18)11-15/h3-7,10-11,19H,8-9,12H2,1-2H3. The molecule has 124 valence electrons. The Hall–Kier alpha value is -1.56. The minimum atomic E-state index is -3.41. The van der Waals surface area contributed by atoms with Gasteiger partial charge in [-0.25, -0.2) is 13.1 Å². The van der Waals surface area contributed by atoms with E-state index < -0.39 is 10.0 Å². The van der Waals surface area contributed by atoms with Crippen LogP contribution >= 0.6 is 11.6 Å². The number of rotatable bonds is 7. The SMILES string of the molecule is Cc1ccc(OCCNS(=O)(=O)Cc2cccc(Cl)c2)c(C)c1. The maximum atomic E-state index is 12.0. The first-order valence-electron chi connectivity index (χ1n) is 7.27. The van der Waals surface area contributed by atoms with Crippen molar-refractivity contribution in [1.82, 2.24) is 4.72 Å². The van der Waals surface area contributed by atoms with Crippen molar-refractivity contribution in [1.29, 1.82) is 0 Å². The molecule has 0 fully saturated rings. The van der Waals surface area contributed by atoms with Gasteiger partial charge in [0.05, 0.1) is 5.75 Å².